The first kappa shape index (κ1) is 19.3. The Morgan fingerprint density at radius 1 is 1.33 bits per heavy atom. The number of ether oxygens (including phenoxy) is 1. The van der Waals surface area contributed by atoms with Gasteiger partial charge in [-0.25, -0.2) is 14.4 Å². The summed E-state index contributed by atoms with van der Waals surface area (Å²) in [6, 6.07) is 5.62. The van der Waals surface area contributed by atoms with Gasteiger partial charge in [0, 0.05) is 31.4 Å². The average Bonchev–Trinajstić information content (AvgIpc) is 2.72. The number of methoxy groups -OCH3 is 1. The van der Waals surface area contributed by atoms with Crippen LogP contribution in [0.1, 0.15) is 23.2 Å². The van der Waals surface area contributed by atoms with Crippen LogP contribution in [-0.2, 0) is 4.79 Å². The molecular formula is C19H20FN3O3S. The topological polar surface area (TPSA) is 72.4 Å². The molecule has 142 valence electrons. The molecule has 1 atom stereocenters. The molecule has 1 amide bonds. The number of aromatic nitrogens is 2. The number of carbonyl (C=O) groups excluding carboxylic acids is 2. The molecule has 0 spiro atoms. The number of halogens is 1. The molecule has 2 aromatic rings. The Balaban J connectivity index is 1.64. The monoisotopic (exact) mass is 389 g/mol. The van der Waals surface area contributed by atoms with E-state index in [0.717, 1.165) is 6.42 Å². The summed E-state index contributed by atoms with van der Waals surface area (Å²) in [5, 5.41) is 0.542. The minimum Gasteiger partial charge on any atom is -0.496 e. The van der Waals surface area contributed by atoms with E-state index in [0.29, 0.717) is 30.4 Å². The Bertz CT molecular complexity index is 819. The summed E-state index contributed by atoms with van der Waals surface area (Å²) in [5.41, 5.74) is 0.226. The van der Waals surface area contributed by atoms with Crippen LogP contribution in [0.4, 0.5) is 4.39 Å². The van der Waals surface area contributed by atoms with Crippen LogP contribution in [0.2, 0.25) is 0 Å². The van der Waals surface area contributed by atoms with Gasteiger partial charge in [0.2, 0.25) is 5.91 Å². The second-order valence-corrected chi connectivity index (χ2v) is 7.15. The Kier molecular flexibility index (Phi) is 6.39. The highest BCUT2D eigenvalue weighted by molar-refractivity contribution is 7.99. The molecule has 0 bridgehead atoms. The summed E-state index contributed by atoms with van der Waals surface area (Å²) in [5.74, 6) is -0.534. The van der Waals surface area contributed by atoms with Gasteiger partial charge in [0.05, 0.1) is 18.4 Å². The summed E-state index contributed by atoms with van der Waals surface area (Å²) in [4.78, 5) is 35.2. The normalized spacial score (nSPS) is 16.8. The van der Waals surface area contributed by atoms with E-state index in [1.807, 2.05) is 0 Å². The molecule has 3 rings (SSSR count). The van der Waals surface area contributed by atoms with Gasteiger partial charge in [-0.3, -0.25) is 9.59 Å². The number of likely N-dealkylation sites (tertiary alicyclic amines) is 1. The predicted octanol–water partition coefficient (Wildman–Crippen LogP) is 2.84. The lowest BCUT2D eigenvalue weighted by Crippen LogP contribution is -2.43. The number of piperidine rings is 1. The molecular weight excluding hydrogens is 369 g/mol. The Morgan fingerprint density at radius 3 is 2.85 bits per heavy atom. The zero-order chi connectivity index (χ0) is 19.2. The van der Waals surface area contributed by atoms with E-state index < -0.39 is 5.82 Å². The number of hydrogen-bond acceptors (Lipinski definition) is 6. The highest BCUT2D eigenvalue weighted by Crippen LogP contribution is 2.27. The van der Waals surface area contributed by atoms with E-state index in [9.17, 15) is 14.0 Å². The lowest BCUT2D eigenvalue weighted by atomic mass is 9.89. The van der Waals surface area contributed by atoms with Crippen molar-refractivity contribution in [3.05, 3.63) is 48.0 Å². The van der Waals surface area contributed by atoms with E-state index >= 15 is 0 Å². The van der Waals surface area contributed by atoms with E-state index in [1.54, 1.807) is 23.4 Å². The second kappa shape index (κ2) is 8.94. The maximum Gasteiger partial charge on any atom is 0.233 e. The molecule has 1 aliphatic rings. The van der Waals surface area contributed by atoms with Gasteiger partial charge in [0.25, 0.3) is 0 Å². The third kappa shape index (κ3) is 4.82. The van der Waals surface area contributed by atoms with Gasteiger partial charge < -0.3 is 9.64 Å². The third-order valence-electron chi connectivity index (χ3n) is 4.44. The van der Waals surface area contributed by atoms with Gasteiger partial charge in [0.15, 0.2) is 10.9 Å². The zero-order valence-corrected chi connectivity index (χ0v) is 15.7. The van der Waals surface area contributed by atoms with Crippen molar-refractivity contribution in [2.75, 3.05) is 26.0 Å². The van der Waals surface area contributed by atoms with E-state index in [1.165, 1.54) is 37.1 Å². The molecule has 2 heterocycles. The van der Waals surface area contributed by atoms with Crippen molar-refractivity contribution in [2.45, 2.75) is 18.0 Å². The average molecular weight is 389 g/mol. The first-order valence-electron chi connectivity index (χ1n) is 8.64. The Labute approximate surface area is 161 Å². The zero-order valence-electron chi connectivity index (χ0n) is 14.9. The van der Waals surface area contributed by atoms with Crippen molar-refractivity contribution in [1.29, 1.82) is 0 Å². The summed E-state index contributed by atoms with van der Waals surface area (Å²) in [6.07, 6.45) is 4.65. The summed E-state index contributed by atoms with van der Waals surface area (Å²) in [7, 11) is 1.45. The van der Waals surface area contributed by atoms with Gasteiger partial charge in [0.1, 0.15) is 11.6 Å². The van der Waals surface area contributed by atoms with Gasteiger partial charge >= 0.3 is 0 Å². The minimum atomic E-state index is -0.484. The molecule has 0 unspecified atom stereocenters. The number of thioether (sulfide) groups is 1. The van der Waals surface area contributed by atoms with Crippen LogP contribution < -0.4 is 4.74 Å². The van der Waals surface area contributed by atoms with Gasteiger partial charge in [-0.1, -0.05) is 11.8 Å². The minimum absolute atomic E-state index is 0.0591. The van der Waals surface area contributed by atoms with Gasteiger partial charge in [-0.05, 0) is 37.1 Å². The number of ketones is 1. The molecule has 1 fully saturated rings. The molecule has 1 aromatic heterocycles. The molecule has 0 aliphatic carbocycles. The highest BCUT2D eigenvalue weighted by Gasteiger charge is 2.30. The molecule has 8 heteroatoms. The highest BCUT2D eigenvalue weighted by atomic mass is 32.2. The van der Waals surface area contributed by atoms with Crippen LogP contribution in [0.25, 0.3) is 0 Å². The van der Waals surface area contributed by atoms with E-state index in [2.05, 4.69) is 9.97 Å². The molecule has 0 radical (unpaired) electrons. The second-order valence-electron chi connectivity index (χ2n) is 6.21. The number of rotatable bonds is 6. The molecule has 6 nitrogen and oxygen atoms in total. The number of benzene rings is 1. The Morgan fingerprint density at radius 2 is 2.11 bits per heavy atom. The number of amides is 1. The lowest BCUT2D eigenvalue weighted by Gasteiger charge is -2.32. The molecule has 1 saturated heterocycles. The van der Waals surface area contributed by atoms with Crippen molar-refractivity contribution >= 4 is 23.5 Å². The first-order chi connectivity index (χ1) is 13.1. The smallest absolute Gasteiger partial charge is 0.233 e. The number of carbonyl (C=O) groups is 2. The molecule has 1 aliphatic heterocycles. The largest absolute Gasteiger partial charge is 0.496 e. The van der Waals surface area contributed by atoms with Crippen LogP contribution in [0.15, 0.2) is 41.8 Å². The predicted molar refractivity (Wildman–Crippen MR) is 99.3 cm³/mol. The molecule has 1 aromatic carbocycles. The SMILES string of the molecule is COc1ccc(F)cc1C(=O)[C@H]1CCCN(C(=O)CSc2ncccn2)C1. The van der Waals surface area contributed by atoms with Crippen LogP contribution in [-0.4, -0.2) is 52.5 Å². The number of nitrogens with zero attached hydrogens (tertiary/aromatic N) is 3. The molecule has 0 N–H and O–H groups in total. The van der Waals surface area contributed by atoms with Crippen LogP contribution in [0.3, 0.4) is 0 Å². The van der Waals surface area contributed by atoms with Crippen molar-refractivity contribution in [1.82, 2.24) is 14.9 Å². The van der Waals surface area contributed by atoms with Crippen molar-refractivity contribution < 1.29 is 18.7 Å². The fourth-order valence-electron chi connectivity index (χ4n) is 3.09. The Hall–Kier alpha value is -2.48. The lowest BCUT2D eigenvalue weighted by molar-refractivity contribution is -0.129. The summed E-state index contributed by atoms with van der Waals surface area (Å²) in [6.45, 7) is 0.937. The number of Topliss-reactive ketones (excluding diaryl/α,β-unsaturated/α-hetero) is 1. The maximum atomic E-state index is 13.6. The van der Waals surface area contributed by atoms with Crippen LogP contribution in [0.5, 0.6) is 5.75 Å². The molecule has 27 heavy (non-hydrogen) atoms. The maximum absolute atomic E-state index is 13.6. The standard InChI is InChI=1S/C19H20FN3O3S/c1-26-16-6-5-14(20)10-15(16)18(25)13-4-2-9-23(11-13)17(24)12-27-19-21-7-3-8-22-19/h3,5-8,10,13H,2,4,9,11-12H2,1H3/t13-/m0/s1. The van der Waals surface area contributed by atoms with Crippen LogP contribution in [0, 0.1) is 11.7 Å². The van der Waals surface area contributed by atoms with E-state index in [4.69, 9.17) is 4.74 Å². The van der Waals surface area contributed by atoms with Crippen molar-refractivity contribution in [2.24, 2.45) is 5.92 Å². The summed E-state index contributed by atoms with van der Waals surface area (Å²) < 4.78 is 18.8. The van der Waals surface area contributed by atoms with Crippen LogP contribution >= 0.6 is 11.8 Å². The molecule has 0 saturated carbocycles. The summed E-state index contributed by atoms with van der Waals surface area (Å²) >= 11 is 1.27. The quantitative estimate of drug-likeness (QED) is 0.430. The third-order valence-corrected chi connectivity index (χ3v) is 5.30. The van der Waals surface area contributed by atoms with Gasteiger partial charge in [-0.2, -0.15) is 0 Å². The van der Waals surface area contributed by atoms with E-state index in [-0.39, 0.29) is 28.9 Å². The van der Waals surface area contributed by atoms with Gasteiger partial charge in [-0.15, -0.1) is 0 Å². The fourth-order valence-corrected chi connectivity index (χ4v) is 3.79. The number of hydrogen-bond donors (Lipinski definition) is 0. The van der Waals surface area contributed by atoms with Crippen molar-refractivity contribution in [3.8, 4) is 5.75 Å². The first-order valence-corrected chi connectivity index (χ1v) is 9.62. The van der Waals surface area contributed by atoms with Crippen molar-refractivity contribution in [3.63, 3.8) is 0 Å². The fraction of sp³-hybridized carbons (Fsp3) is 0.368.